The van der Waals surface area contributed by atoms with Crippen molar-refractivity contribution in [2.24, 2.45) is 0 Å². The van der Waals surface area contributed by atoms with E-state index in [-0.39, 0.29) is 18.1 Å². The SMILES string of the molecule is CCCOc1ccccc1Oc1ccc(NC(=O)c2ccc(CC(C)OC(C)C)nc2C)cc1. The molecule has 34 heavy (non-hydrogen) atoms. The summed E-state index contributed by atoms with van der Waals surface area (Å²) in [5.74, 6) is 1.82. The van der Waals surface area contributed by atoms with Gasteiger partial charge in [0.15, 0.2) is 11.5 Å². The smallest absolute Gasteiger partial charge is 0.257 e. The fraction of sp³-hybridized carbons (Fsp3) is 0.357. The first kappa shape index (κ1) is 25.2. The molecule has 1 N–H and O–H groups in total. The van der Waals surface area contributed by atoms with Gasteiger partial charge in [-0.1, -0.05) is 19.1 Å². The molecule has 6 nitrogen and oxygen atoms in total. The molecular formula is C28H34N2O4. The van der Waals surface area contributed by atoms with Gasteiger partial charge in [-0.3, -0.25) is 9.78 Å². The minimum Gasteiger partial charge on any atom is -0.490 e. The number of hydrogen-bond acceptors (Lipinski definition) is 5. The fourth-order valence-corrected chi connectivity index (χ4v) is 3.57. The minimum atomic E-state index is -0.199. The molecule has 0 fully saturated rings. The van der Waals surface area contributed by atoms with Gasteiger partial charge in [-0.2, -0.15) is 0 Å². The van der Waals surface area contributed by atoms with E-state index in [2.05, 4.69) is 17.2 Å². The summed E-state index contributed by atoms with van der Waals surface area (Å²) in [5, 5.41) is 2.93. The molecule has 0 saturated carbocycles. The van der Waals surface area contributed by atoms with Gasteiger partial charge < -0.3 is 19.5 Å². The monoisotopic (exact) mass is 462 g/mol. The molecular weight excluding hydrogens is 428 g/mol. The Bertz CT molecular complexity index is 1080. The van der Waals surface area contributed by atoms with Crippen LogP contribution in [-0.4, -0.2) is 29.7 Å². The molecule has 6 heteroatoms. The Labute approximate surface area is 202 Å². The second-order valence-corrected chi connectivity index (χ2v) is 8.51. The predicted octanol–water partition coefficient (Wildman–Crippen LogP) is 6.58. The van der Waals surface area contributed by atoms with Crippen LogP contribution in [0.2, 0.25) is 0 Å². The van der Waals surface area contributed by atoms with E-state index in [0.717, 1.165) is 12.1 Å². The van der Waals surface area contributed by atoms with Crippen molar-refractivity contribution in [3.8, 4) is 17.2 Å². The maximum Gasteiger partial charge on any atom is 0.257 e. The molecule has 0 bridgehead atoms. The number of pyridine rings is 1. The Morgan fingerprint density at radius 2 is 1.68 bits per heavy atom. The number of hydrogen-bond donors (Lipinski definition) is 1. The van der Waals surface area contributed by atoms with Gasteiger partial charge in [0.2, 0.25) is 0 Å². The van der Waals surface area contributed by atoms with E-state index in [1.165, 1.54) is 0 Å². The van der Waals surface area contributed by atoms with Crippen LogP contribution in [0.4, 0.5) is 5.69 Å². The van der Waals surface area contributed by atoms with Crippen molar-refractivity contribution in [1.82, 2.24) is 4.98 Å². The third kappa shape index (κ3) is 7.32. The lowest BCUT2D eigenvalue weighted by molar-refractivity contribution is 0.0190. The van der Waals surface area contributed by atoms with Gasteiger partial charge in [0.25, 0.3) is 5.91 Å². The summed E-state index contributed by atoms with van der Waals surface area (Å²) in [4.78, 5) is 17.4. The van der Waals surface area contributed by atoms with Crippen molar-refractivity contribution in [2.45, 2.75) is 59.7 Å². The van der Waals surface area contributed by atoms with Gasteiger partial charge in [0.05, 0.1) is 30.1 Å². The zero-order valence-corrected chi connectivity index (χ0v) is 20.6. The molecule has 3 rings (SSSR count). The number of amides is 1. The quantitative estimate of drug-likeness (QED) is 0.349. The number of carbonyl (C=O) groups is 1. The molecule has 0 aliphatic carbocycles. The molecule has 1 amide bonds. The highest BCUT2D eigenvalue weighted by molar-refractivity contribution is 6.05. The first-order valence-electron chi connectivity index (χ1n) is 11.8. The summed E-state index contributed by atoms with van der Waals surface area (Å²) >= 11 is 0. The van der Waals surface area contributed by atoms with E-state index in [1.54, 1.807) is 0 Å². The van der Waals surface area contributed by atoms with Crippen molar-refractivity contribution in [2.75, 3.05) is 11.9 Å². The van der Waals surface area contributed by atoms with Crippen molar-refractivity contribution < 1.29 is 19.0 Å². The molecule has 1 aromatic heterocycles. The first-order valence-corrected chi connectivity index (χ1v) is 11.8. The summed E-state index contributed by atoms with van der Waals surface area (Å²) in [6.07, 6.45) is 1.86. The molecule has 0 spiro atoms. The second-order valence-electron chi connectivity index (χ2n) is 8.51. The third-order valence-corrected chi connectivity index (χ3v) is 5.04. The summed E-state index contributed by atoms with van der Waals surface area (Å²) < 4.78 is 17.5. The average molecular weight is 463 g/mol. The Kier molecular flexibility index (Phi) is 9.05. The van der Waals surface area contributed by atoms with E-state index >= 15 is 0 Å². The summed E-state index contributed by atoms with van der Waals surface area (Å²) in [6, 6.07) is 18.5. The summed E-state index contributed by atoms with van der Waals surface area (Å²) in [5.41, 5.74) is 2.82. The zero-order chi connectivity index (χ0) is 24.5. The molecule has 0 radical (unpaired) electrons. The van der Waals surface area contributed by atoms with Crippen molar-refractivity contribution in [1.29, 1.82) is 0 Å². The molecule has 0 saturated heterocycles. The second kappa shape index (κ2) is 12.2. The van der Waals surface area contributed by atoms with Crippen LogP contribution in [0.3, 0.4) is 0 Å². The maximum atomic E-state index is 12.8. The van der Waals surface area contributed by atoms with Crippen LogP contribution in [0.5, 0.6) is 17.2 Å². The number of para-hydroxylation sites is 2. The van der Waals surface area contributed by atoms with Crippen LogP contribution in [0.1, 0.15) is 55.9 Å². The Morgan fingerprint density at radius 3 is 2.32 bits per heavy atom. The zero-order valence-electron chi connectivity index (χ0n) is 20.6. The summed E-state index contributed by atoms with van der Waals surface area (Å²) in [7, 11) is 0. The molecule has 1 unspecified atom stereocenters. The number of aromatic nitrogens is 1. The number of nitrogens with zero attached hydrogens (tertiary/aromatic N) is 1. The number of aryl methyl sites for hydroxylation is 1. The highest BCUT2D eigenvalue weighted by Gasteiger charge is 2.14. The maximum absolute atomic E-state index is 12.8. The van der Waals surface area contributed by atoms with Gasteiger partial charge in [0.1, 0.15) is 5.75 Å². The minimum absolute atomic E-state index is 0.0671. The van der Waals surface area contributed by atoms with Crippen LogP contribution >= 0.6 is 0 Å². The first-order chi connectivity index (χ1) is 16.4. The van der Waals surface area contributed by atoms with Crippen LogP contribution in [-0.2, 0) is 11.2 Å². The van der Waals surface area contributed by atoms with Gasteiger partial charge in [-0.05, 0) is 82.6 Å². The molecule has 0 aliphatic heterocycles. The molecule has 1 atom stereocenters. The fourth-order valence-electron chi connectivity index (χ4n) is 3.57. The number of carbonyl (C=O) groups excluding carboxylic acids is 1. The van der Waals surface area contributed by atoms with E-state index in [1.807, 2.05) is 88.4 Å². The van der Waals surface area contributed by atoms with Crippen LogP contribution in [0.15, 0.2) is 60.7 Å². The highest BCUT2D eigenvalue weighted by atomic mass is 16.5. The van der Waals surface area contributed by atoms with Crippen molar-refractivity contribution >= 4 is 11.6 Å². The van der Waals surface area contributed by atoms with E-state index in [4.69, 9.17) is 14.2 Å². The molecule has 180 valence electrons. The number of anilines is 1. The van der Waals surface area contributed by atoms with E-state index < -0.39 is 0 Å². The number of ether oxygens (including phenoxy) is 3. The topological polar surface area (TPSA) is 69.7 Å². The lowest BCUT2D eigenvalue weighted by Gasteiger charge is -2.16. The largest absolute Gasteiger partial charge is 0.490 e. The number of rotatable bonds is 11. The van der Waals surface area contributed by atoms with Crippen molar-refractivity contribution in [3.63, 3.8) is 0 Å². The Balaban J connectivity index is 1.62. The molecule has 3 aromatic rings. The average Bonchev–Trinajstić information content (AvgIpc) is 2.79. The van der Waals surface area contributed by atoms with Crippen molar-refractivity contribution in [3.05, 3.63) is 77.6 Å². The van der Waals surface area contributed by atoms with E-state index in [0.29, 0.717) is 47.2 Å². The number of nitrogens with one attached hydrogen (secondary N) is 1. The normalized spacial score (nSPS) is 11.8. The van der Waals surface area contributed by atoms with Crippen LogP contribution < -0.4 is 14.8 Å². The van der Waals surface area contributed by atoms with Crippen LogP contribution in [0.25, 0.3) is 0 Å². The Morgan fingerprint density at radius 1 is 0.971 bits per heavy atom. The lowest BCUT2D eigenvalue weighted by Crippen LogP contribution is -2.18. The molecule has 1 heterocycles. The third-order valence-electron chi connectivity index (χ3n) is 5.04. The molecule has 0 aliphatic rings. The Hall–Kier alpha value is -3.38. The van der Waals surface area contributed by atoms with Gasteiger partial charge in [-0.15, -0.1) is 0 Å². The van der Waals surface area contributed by atoms with E-state index in [9.17, 15) is 4.79 Å². The summed E-state index contributed by atoms with van der Waals surface area (Å²) in [6.45, 7) is 10.6. The van der Waals surface area contributed by atoms with Gasteiger partial charge in [-0.25, -0.2) is 0 Å². The van der Waals surface area contributed by atoms with Gasteiger partial charge in [0, 0.05) is 17.8 Å². The lowest BCUT2D eigenvalue weighted by atomic mass is 10.1. The highest BCUT2D eigenvalue weighted by Crippen LogP contribution is 2.32. The van der Waals surface area contributed by atoms with Crippen LogP contribution in [0, 0.1) is 6.92 Å². The van der Waals surface area contributed by atoms with Gasteiger partial charge >= 0.3 is 0 Å². The number of benzene rings is 2. The standard InChI is InChI=1S/C28H34N2O4/c1-6-17-32-26-9-7-8-10-27(26)34-24-14-11-22(12-15-24)30-28(31)25-16-13-23(29-21(25)5)18-20(4)33-19(2)3/h7-16,19-20H,6,17-18H2,1-5H3,(H,30,31). The molecule has 2 aromatic carbocycles. The predicted molar refractivity (Wildman–Crippen MR) is 135 cm³/mol.